The van der Waals surface area contributed by atoms with Crippen molar-refractivity contribution in [1.82, 2.24) is 10.3 Å². The molecule has 35 heavy (non-hydrogen) atoms. The number of hydrogen-bond donors (Lipinski definition) is 1. The number of benzene rings is 4. The lowest BCUT2D eigenvalue weighted by Gasteiger charge is -2.18. The Bertz CT molecular complexity index is 1460. The maximum absolute atomic E-state index is 13.6. The molecule has 5 heteroatoms. The molecule has 1 N–H and O–H groups in total. The third kappa shape index (κ3) is 4.62. The normalized spacial score (nSPS) is 11.8. The molecular weight excluding hydrogens is 436 g/mol. The van der Waals surface area contributed by atoms with Crippen LogP contribution in [0.5, 0.6) is 0 Å². The summed E-state index contributed by atoms with van der Waals surface area (Å²) in [5.74, 6) is -0.829. The van der Waals surface area contributed by atoms with Crippen LogP contribution >= 0.6 is 0 Å². The number of para-hydroxylation sites is 2. The van der Waals surface area contributed by atoms with E-state index in [1.807, 2.05) is 91.0 Å². The van der Waals surface area contributed by atoms with Crippen LogP contribution in [0.25, 0.3) is 32.9 Å². The Kier molecular flexibility index (Phi) is 6.22. The van der Waals surface area contributed by atoms with E-state index >= 15 is 0 Å². The molecule has 0 saturated carbocycles. The summed E-state index contributed by atoms with van der Waals surface area (Å²) < 4.78 is 5.02. The van der Waals surface area contributed by atoms with Crippen LogP contribution in [0.2, 0.25) is 0 Å². The Morgan fingerprint density at radius 1 is 0.743 bits per heavy atom. The van der Waals surface area contributed by atoms with Crippen molar-refractivity contribution >= 4 is 33.7 Å². The molecule has 5 nitrogen and oxygen atoms in total. The average Bonchev–Trinajstić information content (AvgIpc) is 2.91. The van der Waals surface area contributed by atoms with E-state index < -0.39 is 12.0 Å². The lowest BCUT2D eigenvalue weighted by atomic mass is 9.99. The molecule has 1 atom stereocenters. The second-order valence-electron chi connectivity index (χ2n) is 8.34. The van der Waals surface area contributed by atoms with Crippen LogP contribution < -0.4 is 5.32 Å². The minimum absolute atomic E-state index is 0.314. The number of methoxy groups -OCH3 is 1. The Hall–Kier alpha value is -4.51. The molecule has 172 valence electrons. The van der Waals surface area contributed by atoms with Crippen molar-refractivity contribution < 1.29 is 14.3 Å². The summed E-state index contributed by atoms with van der Waals surface area (Å²) in [4.78, 5) is 30.9. The fourth-order valence-electron chi connectivity index (χ4n) is 4.35. The first-order valence-electron chi connectivity index (χ1n) is 11.4. The molecule has 5 rings (SSSR count). The van der Waals surface area contributed by atoms with E-state index in [2.05, 4.69) is 22.4 Å². The molecule has 5 aromatic rings. The van der Waals surface area contributed by atoms with Crippen LogP contribution in [0, 0.1) is 0 Å². The number of pyridine rings is 1. The van der Waals surface area contributed by atoms with Gasteiger partial charge in [0.15, 0.2) is 0 Å². The van der Waals surface area contributed by atoms with E-state index in [0.29, 0.717) is 12.0 Å². The van der Waals surface area contributed by atoms with Crippen LogP contribution in [-0.2, 0) is 16.0 Å². The Morgan fingerprint density at radius 3 is 1.89 bits per heavy atom. The molecular formula is C30H24N2O3. The van der Waals surface area contributed by atoms with Gasteiger partial charge in [-0.25, -0.2) is 9.78 Å². The van der Waals surface area contributed by atoms with Gasteiger partial charge in [0.2, 0.25) is 0 Å². The molecule has 1 heterocycles. The third-order valence-electron chi connectivity index (χ3n) is 6.11. The van der Waals surface area contributed by atoms with Crippen molar-refractivity contribution in [3.05, 3.63) is 114 Å². The van der Waals surface area contributed by atoms with E-state index in [4.69, 9.17) is 4.74 Å². The number of rotatable bonds is 6. The Morgan fingerprint density at radius 2 is 1.29 bits per heavy atom. The van der Waals surface area contributed by atoms with E-state index in [9.17, 15) is 9.59 Å². The zero-order valence-corrected chi connectivity index (χ0v) is 19.3. The predicted molar refractivity (Wildman–Crippen MR) is 138 cm³/mol. The standard InChI is InChI=1S/C30H24N2O3/c1-35-30(34)27(19-20-15-17-22(18-16-20)21-9-3-2-4-10-21)32-29(33)28-23-11-5-7-13-25(23)31-26-14-8-6-12-24(26)28/h2-18,27H,19H2,1H3,(H,32,33)/t27-/m0/s1. The van der Waals surface area contributed by atoms with E-state index in [-0.39, 0.29) is 5.91 Å². The lowest BCUT2D eigenvalue weighted by molar-refractivity contribution is -0.142. The summed E-state index contributed by atoms with van der Waals surface area (Å²) in [5.41, 5.74) is 5.07. The first kappa shape index (κ1) is 22.3. The SMILES string of the molecule is COC(=O)[C@H](Cc1ccc(-c2ccccc2)cc1)NC(=O)c1c2ccccc2nc2ccccc12. The van der Waals surface area contributed by atoms with Crippen LogP contribution in [-0.4, -0.2) is 30.0 Å². The van der Waals surface area contributed by atoms with Crippen LogP contribution in [0.15, 0.2) is 103 Å². The molecule has 1 amide bonds. The van der Waals surface area contributed by atoms with Crippen molar-refractivity contribution in [3.8, 4) is 11.1 Å². The van der Waals surface area contributed by atoms with Gasteiger partial charge in [-0.3, -0.25) is 4.79 Å². The number of nitrogens with one attached hydrogen (secondary N) is 1. The van der Waals surface area contributed by atoms with Gasteiger partial charge in [-0.2, -0.15) is 0 Å². The van der Waals surface area contributed by atoms with Gasteiger partial charge in [-0.05, 0) is 28.8 Å². The summed E-state index contributed by atoms with van der Waals surface area (Å²) >= 11 is 0. The number of amides is 1. The highest BCUT2D eigenvalue weighted by Crippen LogP contribution is 2.26. The van der Waals surface area contributed by atoms with Gasteiger partial charge in [-0.1, -0.05) is 91.0 Å². The van der Waals surface area contributed by atoms with E-state index in [0.717, 1.165) is 38.5 Å². The maximum atomic E-state index is 13.6. The average molecular weight is 461 g/mol. The fraction of sp³-hybridized carbons (Fsp3) is 0.100. The molecule has 0 spiro atoms. The molecule has 0 aliphatic carbocycles. The summed E-state index contributed by atoms with van der Waals surface area (Å²) in [6.07, 6.45) is 0.314. The molecule has 0 unspecified atom stereocenters. The zero-order valence-electron chi connectivity index (χ0n) is 19.3. The summed E-state index contributed by atoms with van der Waals surface area (Å²) in [5, 5.41) is 4.39. The van der Waals surface area contributed by atoms with Crippen LogP contribution in [0.3, 0.4) is 0 Å². The van der Waals surface area contributed by atoms with Gasteiger partial charge in [0.25, 0.3) is 5.91 Å². The van der Waals surface area contributed by atoms with E-state index in [1.54, 1.807) is 0 Å². The quantitative estimate of drug-likeness (QED) is 0.266. The zero-order chi connectivity index (χ0) is 24.2. The molecule has 0 radical (unpaired) electrons. The number of ether oxygens (including phenoxy) is 1. The molecule has 4 aromatic carbocycles. The Labute approximate surface area is 203 Å². The number of hydrogen-bond acceptors (Lipinski definition) is 4. The van der Waals surface area contributed by atoms with Crippen molar-refractivity contribution in [1.29, 1.82) is 0 Å². The van der Waals surface area contributed by atoms with Gasteiger partial charge in [0, 0.05) is 17.2 Å². The lowest BCUT2D eigenvalue weighted by Crippen LogP contribution is -2.43. The number of aromatic nitrogens is 1. The van der Waals surface area contributed by atoms with Gasteiger partial charge >= 0.3 is 5.97 Å². The number of carbonyl (C=O) groups excluding carboxylic acids is 2. The van der Waals surface area contributed by atoms with Crippen LogP contribution in [0.1, 0.15) is 15.9 Å². The van der Waals surface area contributed by atoms with Crippen molar-refractivity contribution in [2.24, 2.45) is 0 Å². The summed E-state index contributed by atoms with van der Waals surface area (Å²) in [6, 6.07) is 32.3. The van der Waals surface area contributed by atoms with Gasteiger partial charge in [-0.15, -0.1) is 0 Å². The minimum atomic E-state index is -0.833. The molecule has 0 saturated heterocycles. The number of fused-ring (bicyclic) bond motifs is 2. The molecule has 0 aliphatic heterocycles. The highest BCUT2D eigenvalue weighted by Gasteiger charge is 2.25. The largest absolute Gasteiger partial charge is 0.467 e. The highest BCUT2D eigenvalue weighted by atomic mass is 16.5. The number of nitrogens with zero attached hydrogens (tertiary/aromatic N) is 1. The smallest absolute Gasteiger partial charge is 0.328 e. The monoisotopic (exact) mass is 460 g/mol. The van der Waals surface area contributed by atoms with Gasteiger partial charge in [0.1, 0.15) is 6.04 Å². The van der Waals surface area contributed by atoms with E-state index in [1.165, 1.54) is 7.11 Å². The molecule has 0 fully saturated rings. The van der Waals surface area contributed by atoms with Crippen molar-refractivity contribution in [2.45, 2.75) is 12.5 Å². The first-order chi connectivity index (χ1) is 17.1. The molecule has 0 aliphatic rings. The number of esters is 1. The molecule has 0 bridgehead atoms. The van der Waals surface area contributed by atoms with Crippen LogP contribution in [0.4, 0.5) is 0 Å². The first-order valence-corrected chi connectivity index (χ1v) is 11.4. The molecule has 1 aromatic heterocycles. The van der Waals surface area contributed by atoms with Gasteiger partial charge < -0.3 is 10.1 Å². The topological polar surface area (TPSA) is 68.3 Å². The number of carbonyl (C=O) groups is 2. The summed E-state index contributed by atoms with van der Waals surface area (Å²) in [6.45, 7) is 0. The second kappa shape index (κ2) is 9.77. The van der Waals surface area contributed by atoms with Gasteiger partial charge in [0.05, 0.1) is 23.7 Å². The maximum Gasteiger partial charge on any atom is 0.328 e. The summed E-state index contributed by atoms with van der Waals surface area (Å²) in [7, 11) is 1.33. The Balaban J connectivity index is 1.45. The fourth-order valence-corrected chi connectivity index (χ4v) is 4.35. The second-order valence-corrected chi connectivity index (χ2v) is 8.34. The predicted octanol–water partition coefficient (Wildman–Crippen LogP) is 5.57. The van der Waals surface area contributed by atoms with Crippen molar-refractivity contribution in [3.63, 3.8) is 0 Å². The minimum Gasteiger partial charge on any atom is -0.467 e. The third-order valence-corrected chi connectivity index (χ3v) is 6.11. The highest BCUT2D eigenvalue weighted by molar-refractivity contribution is 6.16. The van der Waals surface area contributed by atoms with Crippen molar-refractivity contribution in [2.75, 3.05) is 7.11 Å².